The predicted molar refractivity (Wildman–Crippen MR) is 133 cm³/mol. The van der Waals surface area contributed by atoms with Crippen molar-refractivity contribution in [2.45, 2.75) is 52.0 Å². The summed E-state index contributed by atoms with van der Waals surface area (Å²) in [6.45, 7) is 6.98. The van der Waals surface area contributed by atoms with Gasteiger partial charge in [0.2, 0.25) is 5.91 Å². The molecule has 1 heterocycles. The number of nitrogens with zero attached hydrogens (tertiary/aromatic N) is 1. The van der Waals surface area contributed by atoms with Gasteiger partial charge in [-0.3, -0.25) is 4.79 Å². The Morgan fingerprint density at radius 3 is 2.23 bits per heavy atom. The van der Waals surface area contributed by atoms with Gasteiger partial charge in [0.25, 0.3) is 0 Å². The minimum absolute atomic E-state index is 0.0270. The monoisotopic (exact) mass is 478 g/mol. The summed E-state index contributed by atoms with van der Waals surface area (Å²) in [7, 11) is 0. The highest BCUT2D eigenvalue weighted by atomic mass is 16.5. The summed E-state index contributed by atoms with van der Waals surface area (Å²) in [6, 6.07) is 15.7. The van der Waals surface area contributed by atoms with E-state index in [1.807, 2.05) is 45.0 Å². The highest BCUT2D eigenvalue weighted by molar-refractivity contribution is 5.86. The zero-order chi connectivity index (χ0) is 25.2. The Labute approximate surface area is 206 Å². The minimum atomic E-state index is -0.949. The zero-order valence-corrected chi connectivity index (χ0v) is 20.6. The summed E-state index contributed by atoms with van der Waals surface area (Å²) in [5.74, 6) is -0.826. The van der Waals surface area contributed by atoms with Crippen LogP contribution in [0.3, 0.4) is 0 Å². The zero-order valence-electron chi connectivity index (χ0n) is 20.6. The normalized spacial score (nSPS) is 18.7. The van der Waals surface area contributed by atoms with Crippen LogP contribution in [0.5, 0.6) is 0 Å². The third-order valence-corrected chi connectivity index (χ3v) is 7.29. The second-order valence-electron chi connectivity index (χ2n) is 10.4. The van der Waals surface area contributed by atoms with Gasteiger partial charge in [-0.15, -0.1) is 0 Å². The second-order valence-corrected chi connectivity index (χ2v) is 10.4. The molecule has 2 aliphatic rings. The fourth-order valence-electron chi connectivity index (χ4n) is 5.35. The van der Waals surface area contributed by atoms with Crippen molar-refractivity contribution in [1.82, 2.24) is 10.2 Å². The number of amides is 2. The van der Waals surface area contributed by atoms with Crippen LogP contribution in [-0.2, 0) is 14.3 Å². The average Bonchev–Trinajstić information content (AvgIpc) is 3.13. The molecule has 0 bridgehead atoms. The van der Waals surface area contributed by atoms with Crippen LogP contribution in [0.15, 0.2) is 48.5 Å². The van der Waals surface area contributed by atoms with Crippen LogP contribution in [0.25, 0.3) is 11.1 Å². The molecule has 0 radical (unpaired) electrons. The minimum Gasteiger partial charge on any atom is -0.480 e. The van der Waals surface area contributed by atoms with Gasteiger partial charge in [-0.05, 0) is 41.0 Å². The summed E-state index contributed by atoms with van der Waals surface area (Å²) >= 11 is 0. The predicted octanol–water partition coefficient (Wildman–Crippen LogP) is 4.65. The molecular formula is C28H34N2O5. The molecule has 2 aromatic rings. The number of rotatable bonds is 9. The first-order valence-electron chi connectivity index (χ1n) is 12.3. The number of carboxylic acids is 1. The van der Waals surface area contributed by atoms with Crippen molar-refractivity contribution < 1.29 is 24.2 Å². The first-order valence-corrected chi connectivity index (χ1v) is 12.3. The lowest BCUT2D eigenvalue weighted by Gasteiger charge is -2.51. The van der Waals surface area contributed by atoms with Gasteiger partial charge in [0.15, 0.2) is 0 Å². The fraction of sp³-hybridized carbons (Fsp3) is 0.464. The number of fused-ring (bicyclic) bond motifs is 3. The van der Waals surface area contributed by atoms with Crippen LogP contribution < -0.4 is 5.32 Å². The number of ether oxygens (including phenoxy) is 1. The van der Waals surface area contributed by atoms with Gasteiger partial charge in [0.05, 0.1) is 0 Å². The van der Waals surface area contributed by atoms with Crippen LogP contribution in [-0.4, -0.2) is 53.7 Å². The molecule has 7 nitrogen and oxygen atoms in total. The first kappa shape index (κ1) is 24.8. The maximum atomic E-state index is 12.5. The maximum absolute atomic E-state index is 12.5. The van der Waals surface area contributed by atoms with Crippen molar-refractivity contribution in [1.29, 1.82) is 0 Å². The van der Waals surface area contributed by atoms with Crippen LogP contribution in [0.2, 0.25) is 0 Å². The summed E-state index contributed by atoms with van der Waals surface area (Å²) in [5.41, 5.74) is 4.35. The van der Waals surface area contributed by atoms with Gasteiger partial charge in [0.1, 0.15) is 12.6 Å². The molecule has 0 aromatic heterocycles. The summed E-state index contributed by atoms with van der Waals surface area (Å²) in [4.78, 5) is 37.7. The smallest absolute Gasteiger partial charge is 0.407 e. The Kier molecular flexibility index (Phi) is 7.15. The van der Waals surface area contributed by atoms with E-state index in [2.05, 4.69) is 29.6 Å². The molecular weight excluding hydrogens is 444 g/mol. The lowest BCUT2D eigenvalue weighted by molar-refractivity contribution is -0.171. The Morgan fingerprint density at radius 2 is 1.66 bits per heavy atom. The van der Waals surface area contributed by atoms with Gasteiger partial charge in [0, 0.05) is 30.8 Å². The second kappa shape index (κ2) is 10.1. The summed E-state index contributed by atoms with van der Waals surface area (Å²) in [6.07, 6.45) is 1.23. The molecule has 2 N–H and O–H groups in total. The Bertz CT molecular complexity index is 1070. The molecule has 4 rings (SSSR count). The summed E-state index contributed by atoms with van der Waals surface area (Å²) < 4.78 is 5.56. The van der Waals surface area contributed by atoms with E-state index in [9.17, 15) is 19.5 Å². The molecule has 1 saturated heterocycles. The molecule has 2 unspecified atom stereocenters. The fourth-order valence-corrected chi connectivity index (χ4v) is 5.35. The molecule has 2 aromatic carbocycles. The van der Waals surface area contributed by atoms with Crippen molar-refractivity contribution >= 4 is 18.0 Å². The van der Waals surface area contributed by atoms with E-state index in [1.54, 1.807) is 0 Å². The first-order chi connectivity index (χ1) is 16.7. The molecule has 7 heteroatoms. The van der Waals surface area contributed by atoms with Crippen molar-refractivity contribution in [2.75, 3.05) is 19.7 Å². The number of aliphatic carboxylic acids is 1. The van der Waals surface area contributed by atoms with Crippen LogP contribution in [0, 0.1) is 11.3 Å². The number of nitrogens with one attached hydrogen (secondary N) is 1. The molecule has 1 aliphatic carbocycles. The lowest BCUT2D eigenvalue weighted by Crippen LogP contribution is -2.67. The van der Waals surface area contributed by atoms with E-state index in [0.29, 0.717) is 32.4 Å². The topological polar surface area (TPSA) is 95.9 Å². The molecule has 0 spiro atoms. The van der Waals surface area contributed by atoms with E-state index in [1.165, 1.54) is 27.2 Å². The number of alkyl carbamates (subject to hydrolysis) is 1. The number of likely N-dealkylation sites (tertiary alicyclic amines) is 1. The highest BCUT2D eigenvalue weighted by Gasteiger charge is 2.52. The van der Waals surface area contributed by atoms with Crippen molar-refractivity contribution in [3.05, 3.63) is 59.7 Å². The van der Waals surface area contributed by atoms with Crippen molar-refractivity contribution in [3.8, 4) is 11.1 Å². The molecule has 0 saturated carbocycles. The standard InChI is InChI=1S/C28H34N2O5/c1-18(12-13-24(31)30-17-28(2,3)25(30)26(32)33)14-15-29-27(34)35-16-23-21-10-6-4-8-19(21)20-9-5-7-11-22(20)23/h4-11,18,23,25H,12-17H2,1-3H3,(H,29,34)(H,32,33). The molecule has 35 heavy (non-hydrogen) atoms. The Morgan fingerprint density at radius 1 is 1.06 bits per heavy atom. The van der Waals surface area contributed by atoms with Gasteiger partial charge >= 0.3 is 12.1 Å². The van der Waals surface area contributed by atoms with Crippen LogP contribution >= 0.6 is 0 Å². The van der Waals surface area contributed by atoms with Crippen LogP contribution in [0.4, 0.5) is 4.79 Å². The van der Waals surface area contributed by atoms with Crippen molar-refractivity contribution in [2.24, 2.45) is 11.3 Å². The maximum Gasteiger partial charge on any atom is 0.407 e. The van der Waals surface area contributed by atoms with E-state index in [4.69, 9.17) is 4.74 Å². The molecule has 1 aliphatic heterocycles. The third kappa shape index (κ3) is 5.19. The Hall–Kier alpha value is -3.35. The van der Waals surface area contributed by atoms with E-state index < -0.39 is 18.1 Å². The number of carboxylic acid groups (broad SMARTS) is 1. The van der Waals surface area contributed by atoms with Crippen molar-refractivity contribution in [3.63, 3.8) is 0 Å². The number of benzene rings is 2. The van der Waals surface area contributed by atoms with Gasteiger partial charge < -0.3 is 20.1 Å². The number of carbonyl (C=O) groups excluding carboxylic acids is 2. The van der Waals surface area contributed by atoms with Gasteiger partial charge in [-0.2, -0.15) is 0 Å². The SMILES string of the molecule is CC(CCNC(=O)OCC1c2ccccc2-c2ccccc21)CCC(=O)N1CC(C)(C)C1C(=O)O. The molecule has 1 fully saturated rings. The quantitative estimate of drug-likeness (QED) is 0.547. The highest BCUT2D eigenvalue weighted by Crippen LogP contribution is 2.44. The Balaban J connectivity index is 1.18. The van der Waals surface area contributed by atoms with Crippen LogP contribution in [0.1, 0.15) is 57.1 Å². The number of hydrogen-bond acceptors (Lipinski definition) is 4. The largest absolute Gasteiger partial charge is 0.480 e. The molecule has 186 valence electrons. The van der Waals surface area contributed by atoms with E-state index >= 15 is 0 Å². The lowest BCUT2D eigenvalue weighted by atomic mass is 9.74. The molecule has 2 atom stereocenters. The van der Waals surface area contributed by atoms with Gasteiger partial charge in [-0.1, -0.05) is 69.3 Å². The number of carbonyl (C=O) groups is 3. The average molecular weight is 479 g/mol. The number of hydrogen-bond donors (Lipinski definition) is 2. The third-order valence-electron chi connectivity index (χ3n) is 7.29. The van der Waals surface area contributed by atoms with Gasteiger partial charge in [-0.25, -0.2) is 9.59 Å². The van der Waals surface area contributed by atoms with E-state index in [-0.39, 0.29) is 29.8 Å². The molecule has 2 amide bonds. The summed E-state index contributed by atoms with van der Waals surface area (Å²) in [5, 5.41) is 12.2. The van der Waals surface area contributed by atoms with E-state index in [0.717, 1.165) is 0 Å².